The Morgan fingerprint density at radius 1 is 1.15 bits per heavy atom. The highest BCUT2D eigenvalue weighted by Crippen LogP contribution is 2.40. The normalized spacial score (nSPS) is 21.9. The molecule has 1 saturated heterocycles. The van der Waals surface area contributed by atoms with Gasteiger partial charge in [-0.3, -0.25) is 0 Å². The molecule has 27 heavy (non-hydrogen) atoms. The van der Waals surface area contributed by atoms with Crippen LogP contribution in [-0.2, 0) is 0 Å². The predicted octanol–water partition coefficient (Wildman–Crippen LogP) is 3.60. The molecule has 1 heterocycles. The summed E-state index contributed by atoms with van der Waals surface area (Å²) in [5.74, 6) is 3.58. The quantitative estimate of drug-likeness (QED) is 0.615. The summed E-state index contributed by atoms with van der Waals surface area (Å²) in [7, 11) is -1.39. The number of piperazine rings is 1. The van der Waals surface area contributed by atoms with Gasteiger partial charge in [-0.05, 0) is 30.5 Å². The van der Waals surface area contributed by atoms with Gasteiger partial charge in [-0.25, -0.2) is 0 Å². The number of nitrogens with one attached hydrogen (secondary N) is 1. The van der Waals surface area contributed by atoms with Gasteiger partial charge in [0.15, 0.2) is 0 Å². The zero-order chi connectivity index (χ0) is 19.3. The number of benzene rings is 1. The van der Waals surface area contributed by atoms with Gasteiger partial charge >= 0.3 is 0 Å². The second-order valence-corrected chi connectivity index (χ2v) is 14.1. The molecule has 3 nitrogen and oxygen atoms in total. The molecule has 148 valence electrons. The van der Waals surface area contributed by atoms with Crippen molar-refractivity contribution >= 4 is 8.07 Å². The van der Waals surface area contributed by atoms with Crippen molar-refractivity contribution in [2.24, 2.45) is 0 Å². The van der Waals surface area contributed by atoms with Gasteiger partial charge in [0.2, 0.25) is 0 Å². The molecule has 0 spiro atoms. The van der Waals surface area contributed by atoms with Gasteiger partial charge < -0.3 is 15.3 Å². The molecule has 2 aliphatic rings. The second-order valence-electron chi connectivity index (χ2n) is 9.39. The first-order chi connectivity index (χ1) is 12.9. The highest BCUT2D eigenvalue weighted by Gasteiger charge is 2.39. The fourth-order valence-electron chi connectivity index (χ4n) is 4.34. The second kappa shape index (κ2) is 8.92. The summed E-state index contributed by atoms with van der Waals surface area (Å²) in [6.45, 7) is 12.0. The van der Waals surface area contributed by atoms with Crippen molar-refractivity contribution in [3.63, 3.8) is 0 Å². The Bertz CT molecular complexity index is 674. The minimum absolute atomic E-state index is 0.171. The Morgan fingerprint density at radius 2 is 1.85 bits per heavy atom. The van der Waals surface area contributed by atoms with Crippen LogP contribution in [0.2, 0.25) is 19.6 Å². The van der Waals surface area contributed by atoms with E-state index >= 15 is 0 Å². The summed E-state index contributed by atoms with van der Waals surface area (Å²) in [4.78, 5) is 2.52. The Morgan fingerprint density at radius 3 is 2.52 bits per heavy atom. The van der Waals surface area contributed by atoms with Gasteiger partial charge in [-0.2, -0.15) is 0 Å². The average molecular weight is 385 g/mol. The maximum atomic E-state index is 11.6. The molecule has 3 rings (SSSR count). The van der Waals surface area contributed by atoms with Crippen molar-refractivity contribution in [2.75, 3.05) is 32.7 Å². The smallest absolute Gasteiger partial charge is 0.129 e. The van der Waals surface area contributed by atoms with Crippen LogP contribution in [0.3, 0.4) is 0 Å². The predicted molar refractivity (Wildman–Crippen MR) is 117 cm³/mol. The SMILES string of the molecule is C[Si](C)(C)C#Cc1cccc(C(CN2CCNCC2)C2(O)CCCCC2)c1. The minimum Gasteiger partial charge on any atom is -0.389 e. The molecule has 0 bridgehead atoms. The summed E-state index contributed by atoms with van der Waals surface area (Å²) >= 11 is 0. The van der Waals surface area contributed by atoms with E-state index in [4.69, 9.17) is 0 Å². The minimum atomic E-state index is -1.39. The van der Waals surface area contributed by atoms with Crippen molar-refractivity contribution < 1.29 is 5.11 Å². The third kappa shape index (κ3) is 5.92. The summed E-state index contributed by atoms with van der Waals surface area (Å²) < 4.78 is 0. The molecule has 1 unspecified atom stereocenters. The molecule has 1 atom stereocenters. The Balaban J connectivity index is 1.88. The molecule has 1 saturated carbocycles. The summed E-state index contributed by atoms with van der Waals surface area (Å²) in [6.07, 6.45) is 5.39. The lowest BCUT2D eigenvalue weighted by Crippen LogP contribution is -2.49. The summed E-state index contributed by atoms with van der Waals surface area (Å²) in [6, 6.07) is 8.69. The van der Waals surface area contributed by atoms with Crippen molar-refractivity contribution in [1.82, 2.24) is 10.2 Å². The van der Waals surface area contributed by atoms with E-state index < -0.39 is 13.7 Å². The van der Waals surface area contributed by atoms with Crippen LogP contribution in [0.1, 0.15) is 49.1 Å². The van der Waals surface area contributed by atoms with Gasteiger partial charge in [0, 0.05) is 44.2 Å². The van der Waals surface area contributed by atoms with E-state index in [0.717, 1.165) is 64.0 Å². The zero-order valence-corrected chi connectivity index (χ0v) is 18.4. The highest BCUT2D eigenvalue weighted by molar-refractivity contribution is 6.83. The van der Waals surface area contributed by atoms with E-state index in [1.807, 2.05) is 0 Å². The van der Waals surface area contributed by atoms with Gasteiger partial charge in [-0.15, -0.1) is 5.54 Å². The van der Waals surface area contributed by atoms with Crippen LogP contribution in [0, 0.1) is 11.5 Å². The molecule has 0 amide bonds. The molecule has 0 aromatic heterocycles. The van der Waals surface area contributed by atoms with E-state index in [0.29, 0.717) is 0 Å². The van der Waals surface area contributed by atoms with Gasteiger partial charge in [0.1, 0.15) is 8.07 Å². The summed E-state index contributed by atoms with van der Waals surface area (Å²) in [5, 5.41) is 15.0. The van der Waals surface area contributed by atoms with E-state index in [1.54, 1.807) is 0 Å². The first-order valence-electron chi connectivity index (χ1n) is 10.6. The lowest BCUT2D eigenvalue weighted by molar-refractivity contribution is -0.0316. The lowest BCUT2D eigenvalue weighted by Gasteiger charge is -2.42. The first kappa shape index (κ1) is 20.6. The molecular formula is C23H36N2OSi. The number of hydrogen-bond acceptors (Lipinski definition) is 3. The molecule has 2 fully saturated rings. The van der Waals surface area contributed by atoms with Crippen LogP contribution >= 0.6 is 0 Å². The van der Waals surface area contributed by atoms with Crippen LogP contribution in [0.5, 0.6) is 0 Å². The van der Waals surface area contributed by atoms with Crippen LogP contribution < -0.4 is 5.32 Å². The summed E-state index contributed by atoms with van der Waals surface area (Å²) in [5.41, 5.74) is 5.27. The molecule has 4 heteroatoms. The number of aliphatic hydroxyl groups is 1. The topological polar surface area (TPSA) is 35.5 Å². The molecule has 1 aromatic carbocycles. The molecule has 2 N–H and O–H groups in total. The van der Waals surface area contributed by atoms with Crippen LogP contribution in [0.15, 0.2) is 24.3 Å². The number of nitrogens with zero attached hydrogens (tertiary/aromatic N) is 1. The Hall–Kier alpha value is -1.12. The fourth-order valence-corrected chi connectivity index (χ4v) is 4.86. The van der Waals surface area contributed by atoms with Crippen LogP contribution in [0.4, 0.5) is 0 Å². The largest absolute Gasteiger partial charge is 0.389 e. The molecular weight excluding hydrogens is 348 g/mol. The first-order valence-corrected chi connectivity index (χ1v) is 14.1. The standard InChI is InChI=1S/C23H36N2OSi/c1-27(2,3)17-10-20-8-7-9-21(18-20)22(19-25-15-13-24-14-16-25)23(26)11-5-4-6-12-23/h7-9,18,22,24,26H,4-6,11-16,19H2,1-3H3. The van der Waals surface area contributed by atoms with Crippen molar-refractivity contribution in [3.05, 3.63) is 35.4 Å². The highest BCUT2D eigenvalue weighted by atomic mass is 28.3. The maximum Gasteiger partial charge on any atom is 0.129 e. The van der Waals surface area contributed by atoms with Crippen molar-refractivity contribution in [3.8, 4) is 11.5 Å². The fraction of sp³-hybridized carbons (Fsp3) is 0.652. The Labute approximate surface area is 166 Å². The van der Waals surface area contributed by atoms with Crippen LogP contribution in [-0.4, -0.2) is 56.4 Å². The van der Waals surface area contributed by atoms with Crippen LogP contribution in [0.25, 0.3) is 0 Å². The van der Waals surface area contributed by atoms with Crippen molar-refractivity contribution in [1.29, 1.82) is 0 Å². The maximum absolute atomic E-state index is 11.6. The number of rotatable bonds is 4. The monoisotopic (exact) mass is 384 g/mol. The van der Waals surface area contributed by atoms with Gasteiger partial charge in [0.05, 0.1) is 5.60 Å². The Kier molecular flexibility index (Phi) is 6.81. The molecule has 1 aliphatic heterocycles. The average Bonchev–Trinajstić information content (AvgIpc) is 2.65. The van der Waals surface area contributed by atoms with Crippen molar-refractivity contribution in [2.45, 2.75) is 63.3 Å². The van der Waals surface area contributed by atoms with E-state index in [1.165, 1.54) is 12.0 Å². The van der Waals surface area contributed by atoms with E-state index in [2.05, 4.69) is 65.6 Å². The molecule has 1 aliphatic carbocycles. The van der Waals surface area contributed by atoms with E-state index in [-0.39, 0.29) is 5.92 Å². The van der Waals surface area contributed by atoms with E-state index in [9.17, 15) is 5.11 Å². The number of hydrogen-bond donors (Lipinski definition) is 2. The molecule has 0 radical (unpaired) electrons. The third-order valence-corrected chi connectivity index (χ3v) is 6.76. The zero-order valence-electron chi connectivity index (χ0n) is 17.4. The van der Waals surface area contributed by atoms with Gasteiger partial charge in [-0.1, -0.05) is 57.0 Å². The third-order valence-electron chi connectivity index (χ3n) is 5.89. The van der Waals surface area contributed by atoms with Gasteiger partial charge in [0.25, 0.3) is 0 Å². The molecule has 1 aromatic rings. The lowest BCUT2D eigenvalue weighted by atomic mass is 9.72.